The predicted octanol–water partition coefficient (Wildman–Crippen LogP) is 2.65. The summed E-state index contributed by atoms with van der Waals surface area (Å²) in [5, 5.41) is 3.40. The Hall–Kier alpha value is -1.02. The molecule has 2 heteroatoms. The SMILES string of the molecule is CNC1CCN(c2ccccc2)C(C)(C)C1. The molecule has 1 fully saturated rings. The lowest BCUT2D eigenvalue weighted by Crippen LogP contribution is -2.54. The Balaban J connectivity index is 2.18. The van der Waals surface area contributed by atoms with E-state index in [0.717, 1.165) is 6.54 Å². The monoisotopic (exact) mass is 218 g/mol. The third kappa shape index (κ3) is 2.22. The molecule has 0 bridgehead atoms. The van der Waals surface area contributed by atoms with E-state index in [1.807, 2.05) is 0 Å². The number of piperidine rings is 1. The van der Waals surface area contributed by atoms with E-state index in [1.54, 1.807) is 0 Å². The maximum atomic E-state index is 3.40. The van der Waals surface area contributed by atoms with Crippen molar-refractivity contribution in [1.82, 2.24) is 5.32 Å². The summed E-state index contributed by atoms with van der Waals surface area (Å²) in [6.07, 6.45) is 2.44. The van der Waals surface area contributed by atoms with Gasteiger partial charge in [-0.15, -0.1) is 0 Å². The van der Waals surface area contributed by atoms with Gasteiger partial charge in [0.2, 0.25) is 0 Å². The fourth-order valence-corrected chi connectivity index (χ4v) is 2.74. The third-order valence-electron chi connectivity index (χ3n) is 3.65. The van der Waals surface area contributed by atoms with Crippen molar-refractivity contribution in [1.29, 1.82) is 0 Å². The van der Waals surface area contributed by atoms with Crippen LogP contribution in [0.25, 0.3) is 0 Å². The van der Waals surface area contributed by atoms with Gasteiger partial charge in [0.05, 0.1) is 0 Å². The molecule has 1 aromatic rings. The van der Waals surface area contributed by atoms with Gasteiger partial charge in [0.15, 0.2) is 0 Å². The quantitative estimate of drug-likeness (QED) is 0.821. The van der Waals surface area contributed by atoms with E-state index < -0.39 is 0 Å². The van der Waals surface area contributed by atoms with Gasteiger partial charge in [-0.3, -0.25) is 0 Å². The van der Waals surface area contributed by atoms with Crippen LogP contribution in [0.2, 0.25) is 0 Å². The van der Waals surface area contributed by atoms with E-state index >= 15 is 0 Å². The molecule has 0 radical (unpaired) electrons. The first kappa shape index (κ1) is 11.5. The average molecular weight is 218 g/mol. The largest absolute Gasteiger partial charge is 0.366 e. The van der Waals surface area contributed by atoms with Crippen LogP contribution in [0.1, 0.15) is 26.7 Å². The molecule has 1 aliphatic heterocycles. The van der Waals surface area contributed by atoms with E-state index in [9.17, 15) is 0 Å². The molecule has 0 aliphatic carbocycles. The van der Waals surface area contributed by atoms with Gasteiger partial charge in [0.1, 0.15) is 0 Å². The highest BCUT2D eigenvalue weighted by Gasteiger charge is 2.33. The Labute approximate surface area is 98.7 Å². The number of hydrogen-bond donors (Lipinski definition) is 1. The molecule has 0 saturated carbocycles. The lowest BCUT2D eigenvalue weighted by atomic mass is 9.86. The van der Waals surface area contributed by atoms with E-state index in [4.69, 9.17) is 0 Å². The van der Waals surface area contributed by atoms with Crippen LogP contribution in [-0.4, -0.2) is 25.2 Å². The second kappa shape index (κ2) is 4.46. The summed E-state index contributed by atoms with van der Waals surface area (Å²) in [6.45, 7) is 5.82. The lowest BCUT2D eigenvalue weighted by Gasteiger charge is -2.47. The van der Waals surface area contributed by atoms with Crippen LogP contribution in [0, 0.1) is 0 Å². The molecule has 1 heterocycles. The summed E-state index contributed by atoms with van der Waals surface area (Å²) in [7, 11) is 2.07. The zero-order chi connectivity index (χ0) is 11.6. The fraction of sp³-hybridized carbons (Fsp3) is 0.571. The molecule has 16 heavy (non-hydrogen) atoms. The zero-order valence-corrected chi connectivity index (χ0v) is 10.5. The van der Waals surface area contributed by atoms with Crippen LogP contribution >= 0.6 is 0 Å². The molecule has 1 aliphatic rings. The minimum Gasteiger partial charge on any atom is -0.366 e. The van der Waals surface area contributed by atoms with Crippen LogP contribution in [0.5, 0.6) is 0 Å². The molecule has 1 unspecified atom stereocenters. The molecule has 2 nitrogen and oxygen atoms in total. The molecule has 1 N–H and O–H groups in total. The number of benzene rings is 1. The molecule has 0 aromatic heterocycles. The molecule has 1 aromatic carbocycles. The van der Waals surface area contributed by atoms with Gasteiger partial charge in [-0.1, -0.05) is 18.2 Å². The van der Waals surface area contributed by atoms with Crippen molar-refractivity contribution >= 4 is 5.69 Å². The summed E-state index contributed by atoms with van der Waals surface area (Å²) in [4.78, 5) is 2.53. The molecule has 0 spiro atoms. The summed E-state index contributed by atoms with van der Waals surface area (Å²) in [5.41, 5.74) is 1.59. The highest BCUT2D eigenvalue weighted by atomic mass is 15.2. The summed E-state index contributed by atoms with van der Waals surface area (Å²) in [5.74, 6) is 0. The van der Waals surface area contributed by atoms with Crippen LogP contribution in [-0.2, 0) is 0 Å². The van der Waals surface area contributed by atoms with Gasteiger partial charge in [-0.25, -0.2) is 0 Å². The van der Waals surface area contributed by atoms with E-state index in [-0.39, 0.29) is 5.54 Å². The Morgan fingerprint density at radius 3 is 2.50 bits per heavy atom. The Bertz CT molecular complexity index is 332. The topological polar surface area (TPSA) is 15.3 Å². The number of anilines is 1. The maximum absolute atomic E-state index is 3.40. The molecule has 1 saturated heterocycles. The van der Waals surface area contributed by atoms with Crippen LogP contribution in [0.15, 0.2) is 30.3 Å². The van der Waals surface area contributed by atoms with Gasteiger partial charge >= 0.3 is 0 Å². The van der Waals surface area contributed by atoms with Gasteiger partial charge in [-0.2, -0.15) is 0 Å². The highest BCUT2D eigenvalue weighted by molar-refractivity contribution is 5.49. The average Bonchev–Trinajstić information content (AvgIpc) is 2.28. The standard InChI is InChI=1S/C14H22N2/c1-14(2)11-12(15-3)9-10-16(14)13-7-5-4-6-8-13/h4-8,12,15H,9-11H2,1-3H3. The van der Waals surface area contributed by atoms with E-state index in [2.05, 4.69) is 61.4 Å². The van der Waals surface area contributed by atoms with Crippen molar-refractivity contribution < 1.29 is 0 Å². The van der Waals surface area contributed by atoms with Gasteiger partial charge < -0.3 is 10.2 Å². The molecule has 88 valence electrons. The fourth-order valence-electron chi connectivity index (χ4n) is 2.74. The van der Waals surface area contributed by atoms with E-state index in [1.165, 1.54) is 18.5 Å². The van der Waals surface area contributed by atoms with Gasteiger partial charge in [0.25, 0.3) is 0 Å². The van der Waals surface area contributed by atoms with Crippen molar-refractivity contribution in [2.75, 3.05) is 18.5 Å². The number of hydrogen-bond acceptors (Lipinski definition) is 2. The van der Waals surface area contributed by atoms with E-state index in [0.29, 0.717) is 6.04 Å². The second-order valence-corrected chi connectivity index (χ2v) is 5.28. The van der Waals surface area contributed by atoms with Crippen LogP contribution in [0.3, 0.4) is 0 Å². The minimum atomic E-state index is 0.243. The van der Waals surface area contributed by atoms with Crippen molar-refractivity contribution in [3.63, 3.8) is 0 Å². The Morgan fingerprint density at radius 1 is 1.25 bits per heavy atom. The Morgan fingerprint density at radius 2 is 1.94 bits per heavy atom. The van der Waals surface area contributed by atoms with Gasteiger partial charge in [0, 0.05) is 23.8 Å². The number of para-hydroxylation sites is 1. The normalized spacial score (nSPS) is 24.4. The van der Waals surface area contributed by atoms with Crippen molar-refractivity contribution in [2.45, 2.75) is 38.3 Å². The van der Waals surface area contributed by atoms with Crippen LogP contribution < -0.4 is 10.2 Å². The molecular formula is C14H22N2. The number of nitrogens with one attached hydrogen (secondary N) is 1. The molecule has 1 atom stereocenters. The first-order valence-electron chi connectivity index (χ1n) is 6.13. The highest BCUT2D eigenvalue weighted by Crippen LogP contribution is 2.32. The van der Waals surface area contributed by atoms with Crippen molar-refractivity contribution in [2.24, 2.45) is 0 Å². The molecule has 0 amide bonds. The number of nitrogens with zero attached hydrogens (tertiary/aromatic N) is 1. The third-order valence-corrected chi connectivity index (χ3v) is 3.65. The lowest BCUT2D eigenvalue weighted by molar-refractivity contribution is 0.302. The molecule has 2 rings (SSSR count). The van der Waals surface area contributed by atoms with Crippen LogP contribution in [0.4, 0.5) is 5.69 Å². The first-order chi connectivity index (χ1) is 7.63. The van der Waals surface area contributed by atoms with Crippen molar-refractivity contribution in [3.8, 4) is 0 Å². The first-order valence-corrected chi connectivity index (χ1v) is 6.13. The number of rotatable bonds is 2. The Kier molecular flexibility index (Phi) is 3.20. The summed E-state index contributed by atoms with van der Waals surface area (Å²) in [6, 6.07) is 11.4. The predicted molar refractivity (Wildman–Crippen MR) is 69.9 cm³/mol. The zero-order valence-electron chi connectivity index (χ0n) is 10.5. The van der Waals surface area contributed by atoms with Gasteiger partial charge in [-0.05, 0) is 45.9 Å². The van der Waals surface area contributed by atoms with Crippen molar-refractivity contribution in [3.05, 3.63) is 30.3 Å². The maximum Gasteiger partial charge on any atom is 0.0370 e. The molecular weight excluding hydrogens is 196 g/mol. The smallest absolute Gasteiger partial charge is 0.0370 e. The summed E-state index contributed by atoms with van der Waals surface area (Å²) < 4.78 is 0. The second-order valence-electron chi connectivity index (χ2n) is 5.28. The minimum absolute atomic E-state index is 0.243. The summed E-state index contributed by atoms with van der Waals surface area (Å²) >= 11 is 0.